The second-order valence-corrected chi connectivity index (χ2v) is 11.0. The maximum Gasteiger partial charge on any atom is 0.324 e. The zero-order chi connectivity index (χ0) is 30.8. The smallest absolute Gasteiger partial charge is 0.324 e. The first-order valence-electron chi connectivity index (χ1n) is 12.8. The van der Waals surface area contributed by atoms with Crippen molar-refractivity contribution in [1.82, 2.24) is 9.88 Å². The number of carbonyl (C=O) groups is 2. The van der Waals surface area contributed by atoms with Crippen molar-refractivity contribution in [3.63, 3.8) is 0 Å². The number of hydrogen-bond acceptors (Lipinski definition) is 10. The summed E-state index contributed by atoms with van der Waals surface area (Å²) in [5.74, 6) is -0.495. The third-order valence-electron chi connectivity index (χ3n) is 5.66. The normalized spacial score (nSPS) is 16.1. The average Bonchev–Trinajstić information content (AvgIpc) is 3.27. The Hall–Kier alpha value is -4.17. The van der Waals surface area contributed by atoms with Gasteiger partial charge in [0.2, 0.25) is 5.91 Å². The van der Waals surface area contributed by atoms with Crippen LogP contribution in [0, 0.1) is 20.2 Å². The predicted octanol–water partition coefficient (Wildman–Crippen LogP) is 6.16. The number of halogens is 1. The Morgan fingerprint density at radius 2 is 1.64 bits per heavy atom. The van der Waals surface area contributed by atoms with E-state index in [0.29, 0.717) is 23.9 Å². The molecule has 1 saturated heterocycles. The fourth-order valence-electron chi connectivity index (χ4n) is 3.67. The van der Waals surface area contributed by atoms with Crippen LogP contribution in [0.3, 0.4) is 0 Å². The van der Waals surface area contributed by atoms with Crippen LogP contribution in [0.1, 0.15) is 47.7 Å². The maximum atomic E-state index is 13.0. The van der Waals surface area contributed by atoms with E-state index in [0.717, 1.165) is 11.3 Å². The summed E-state index contributed by atoms with van der Waals surface area (Å²) >= 11 is 4.54. The monoisotopic (exact) mass is 657 g/mol. The molecule has 1 fully saturated rings. The predicted molar refractivity (Wildman–Crippen MR) is 162 cm³/mol. The molecular formula is C28H28BrN5O7S. The lowest BCUT2D eigenvalue weighted by molar-refractivity contribution is -0.385. The molecule has 4 rings (SSSR count). The van der Waals surface area contributed by atoms with Crippen LogP contribution >= 0.6 is 27.7 Å². The molecule has 1 aromatic heterocycles. The molecule has 12 nitrogen and oxygen atoms in total. The zero-order valence-electron chi connectivity index (χ0n) is 23.0. The van der Waals surface area contributed by atoms with Crippen molar-refractivity contribution >= 4 is 56.1 Å². The van der Waals surface area contributed by atoms with E-state index in [9.17, 15) is 29.8 Å². The van der Waals surface area contributed by atoms with Gasteiger partial charge in [-0.3, -0.25) is 44.7 Å². The van der Waals surface area contributed by atoms with Gasteiger partial charge < -0.3 is 4.74 Å². The number of amidine groups is 1. The molecule has 220 valence electrons. The van der Waals surface area contributed by atoms with Crippen molar-refractivity contribution in [3.8, 4) is 0 Å². The Labute approximate surface area is 254 Å². The van der Waals surface area contributed by atoms with Gasteiger partial charge >= 0.3 is 5.97 Å². The number of rotatable bonds is 9. The quantitative estimate of drug-likeness (QED) is 0.114. The van der Waals surface area contributed by atoms with Crippen LogP contribution < -0.4 is 0 Å². The van der Waals surface area contributed by atoms with Crippen LogP contribution in [0.25, 0.3) is 0 Å². The van der Waals surface area contributed by atoms with Crippen LogP contribution in [-0.4, -0.2) is 49.4 Å². The van der Waals surface area contributed by atoms with Crippen LogP contribution in [-0.2, 0) is 20.9 Å². The van der Waals surface area contributed by atoms with Gasteiger partial charge in [0, 0.05) is 36.5 Å². The number of esters is 1. The number of thioether (sulfide) groups is 1. The Balaban J connectivity index is 0.000000260. The molecule has 1 aliphatic rings. The Bertz CT molecular complexity index is 1440. The number of carbonyl (C=O) groups excluding carboxylic acids is 2. The third kappa shape index (κ3) is 8.66. The fraction of sp³-hybridized carbons (Fsp3) is 0.286. The van der Waals surface area contributed by atoms with Gasteiger partial charge in [-0.1, -0.05) is 58.0 Å². The first kappa shape index (κ1) is 32.3. The molecule has 0 saturated carbocycles. The van der Waals surface area contributed by atoms with Gasteiger partial charge in [-0.2, -0.15) is 0 Å². The summed E-state index contributed by atoms with van der Waals surface area (Å²) in [6.07, 6.45) is 1.69. The van der Waals surface area contributed by atoms with E-state index in [1.54, 1.807) is 30.2 Å². The lowest BCUT2D eigenvalue weighted by atomic mass is 10.1. The molecule has 2 heterocycles. The molecule has 2 aromatic carbocycles. The van der Waals surface area contributed by atoms with Gasteiger partial charge in [-0.05, 0) is 44.0 Å². The van der Waals surface area contributed by atoms with Crippen molar-refractivity contribution < 1.29 is 24.2 Å². The van der Waals surface area contributed by atoms with Crippen LogP contribution in [0.4, 0.5) is 11.4 Å². The highest BCUT2D eigenvalue weighted by atomic mass is 79.9. The Kier molecular flexibility index (Phi) is 11.7. The van der Waals surface area contributed by atoms with Gasteiger partial charge in [0.25, 0.3) is 11.4 Å². The number of non-ortho nitro benzene ring substituents is 2. The van der Waals surface area contributed by atoms with Crippen LogP contribution in [0.15, 0.2) is 77.9 Å². The Morgan fingerprint density at radius 1 is 1.05 bits per heavy atom. The van der Waals surface area contributed by atoms with E-state index in [-0.39, 0.29) is 23.3 Å². The molecule has 1 aliphatic heterocycles. The first-order valence-corrected chi connectivity index (χ1v) is 14.6. The highest BCUT2D eigenvalue weighted by molar-refractivity contribution is 9.09. The number of nitrogens with zero attached hydrogens (tertiary/aromatic N) is 5. The van der Waals surface area contributed by atoms with E-state index in [1.165, 1.54) is 48.2 Å². The molecule has 3 aromatic rings. The van der Waals surface area contributed by atoms with Gasteiger partial charge in [-0.15, -0.1) is 0 Å². The van der Waals surface area contributed by atoms with E-state index in [2.05, 4.69) is 25.9 Å². The number of aromatic nitrogens is 1. The molecule has 2 unspecified atom stereocenters. The number of alkyl halides is 1. The number of nitro groups is 2. The summed E-state index contributed by atoms with van der Waals surface area (Å²) < 4.78 is 4.82. The molecule has 0 radical (unpaired) electrons. The van der Waals surface area contributed by atoms with Gasteiger partial charge in [-0.25, -0.2) is 0 Å². The van der Waals surface area contributed by atoms with Crippen molar-refractivity contribution in [1.29, 1.82) is 0 Å². The molecule has 0 aliphatic carbocycles. The lowest BCUT2D eigenvalue weighted by Crippen LogP contribution is -2.30. The zero-order valence-corrected chi connectivity index (χ0v) is 25.4. The second-order valence-electron chi connectivity index (χ2n) is 9.06. The lowest BCUT2D eigenvalue weighted by Gasteiger charge is -2.16. The number of ether oxygens (including phenoxy) is 1. The second kappa shape index (κ2) is 15.2. The highest BCUT2D eigenvalue weighted by Gasteiger charge is 2.39. The topological polar surface area (TPSA) is 158 Å². The number of hydrogen-bond donors (Lipinski definition) is 0. The Morgan fingerprint density at radius 3 is 2.14 bits per heavy atom. The summed E-state index contributed by atoms with van der Waals surface area (Å²) in [6.45, 7) is 6.27. The van der Waals surface area contributed by atoms with E-state index >= 15 is 0 Å². The molecule has 0 spiro atoms. The average molecular weight is 659 g/mol. The minimum absolute atomic E-state index is 0.00519. The SMILES string of the molecule is CC(C)/N=C1/SC(c2ccc([N+](=O)[O-])cc2)C(=O)N1Cc1ccccn1.CCOC(=O)C(Br)c1ccc([N+](=O)[O-])cc1. The van der Waals surface area contributed by atoms with E-state index in [4.69, 9.17) is 4.74 Å². The number of pyridine rings is 1. The molecule has 14 heteroatoms. The summed E-state index contributed by atoms with van der Waals surface area (Å²) in [6, 6.07) is 17.5. The van der Waals surface area contributed by atoms with Crippen LogP contribution in [0.5, 0.6) is 0 Å². The van der Waals surface area contributed by atoms with Gasteiger partial charge in [0.1, 0.15) is 10.1 Å². The molecule has 0 bridgehead atoms. The number of benzene rings is 2. The van der Waals surface area contributed by atoms with Gasteiger partial charge in [0.15, 0.2) is 5.17 Å². The number of amides is 1. The fourth-order valence-corrected chi connectivity index (χ4v) is 5.40. The first-order chi connectivity index (χ1) is 20.0. The summed E-state index contributed by atoms with van der Waals surface area (Å²) in [7, 11) is 0. The summed E-state index contributed by atoms with van der Waals surface area (Å²) in [4.78, 5) is 54.6. The molecule has 0 N–H and O–H groups in total. The number of aliphatic imine (C=N–C) groups is 1. The standard InChI is InChI=1S/C18H18N4O3S.C10H10BrNO4/c1-12(2)20-18-21(11-14-5-3-4-10-19-14)17(23)16(26-18)13-6-8-15(9-7-13)22(24)25;1-2-16-10(13)9(11)7-3-5-8(6-4-7)12(14)15/h3-10,12,16H,11H2,1-2H3;3-6,9H,2H2,1H3/b20-18+;. The van der Waals surface area contributed by atoms with Crippen molar-refractivity contribution in [2.24, 2.45) is 4.99 Å². The summed E-state index contributed by atoms with van der Waals surface area (Å²) in [5.41, 5.74) is 2.13. The molecule has 1 amide bonds. The van der Waals surface area contributed by atoms with Crippen molar-refractivity contribution in [2.75, 3.05) is 6.61 Å². The summed E-state index contributed by atoms with van der Waals surface area (Å²) in [5, 5.41) is 21.4. The van der Waals surface area contributed by atoms with Gasteiger partial charge in [0.05, 0.1) is 28.7 Å². The minimum atomic E-state index is -0.590. The highest BCUT2D eigenvalue weighted by Crippen LogP contribution is 2.40. The maximum absolute atomic E-state index is 13.0. The van der Waals surface area contributed by atoms with Crippen LogP contribution in [0.2, 0.25) is 0 Å². The molecule has 2 atom stereocenters. The molecular weight excluding hydrogens is 630 g/mol. The molecule has 42 heavy (non-hydrogen) atoms. The van der Waals surface area contributed by atoms with Crippen molar-refractivity contribution in [2.45, 2.75) is 43.4 Å². The largest absolute Gasteiger partial charge is 0.465 e. The van der Waals surface area contributed by atoms with E-state index in [1.807, 2.05) is 32.0 Å². The van der Waals surface area contributed by atoms with Crippen molar-refractivity contribution in [3.05, 3.63) is 110 Å². The third-order valence-corrected chi connectivity index (χ3v) is 7.80. The van der Waals surface area contributed by atoms with E-state index < -0.39 is 25.9 Å². The minimum Gasteiger partial charge on any atom is -0.465 e. The number of nitro benzene ring substituents is 2.